The molecule has 25 heavy (non-hydrogen) atoms. The Morgan fingerprint density at radius 3 is 2.52 bits per heavy atom. The van der Waals surface area contributed by atoms with Gasteiger partial charge < -0.3 is 15.0 Å². The number of likely N-dealkylation sites (N-methyl/N-ethyl adjacent to an activating group) is 1. The summed E-state index contributed by atoms with van der Waals surface area (Å²) in [6, 6.07) is 15.3. The second kappa shape index (κ2) is 9.59. The number of benzene rings is 2. The Kier molecular flexibility index (Phi) is 7.16. The molecule has 0 fully saturated rings. The third-order valence-electron chi connectivity index (χ3n) is 3.50. The van der Waals surface area contributed by atoms with E-state index >= 15 is 0 Å². The van der Waals surface area contributed by atoms with Crippen molar-refractivity contribution in [1.82, 2.24) is 10.2 Å². The molecule has 1 unspecified atom stereocenters. The van der Waals surface area contributed by atoms with Crippen LogP contribution in [0.25, 0.3) is 0 Å². The van der Waals surface area contributed by atoms with Gasteiger partial charge in [0, 0.05) is 12.6 Å². The summed E-state index contributed by atoms with van der Waals surface area (Å²) in [5, 5.41) is 2.91. The molecule has 2 rings (SSSR count). The van der Waals surface area contributed by atoms with Gasteiger partial charge in [-0.2, -0.15) is 0 Å². The molecule has 0 heterocycles. The molecule has 2 aromatic carbocycles. The number of carbonyl (C=O) groups excluding carboxylic acids is 1. The van der Waals surface area contributed by atoms with Crippen molar-refractivity contribution in [3.8, 4) is 5.75 Å². The van der Waals surface area contributed by atoms with E-state index in [2.05, 4.69) is 5.32 Å². The molecule has 132 valence electrons. The number of ether oxygens (including phenoxy) is 1. The first kappa shape index (κ1) is 18.7. The van der Waals surface area contributed by atoms with E-state index in [9.17, 15) is 9.18 Å². The molecular formula is C20H23FN2O2. The molecule has 0 spiro atoms. The van der Waals surface area contributed by atoms with Gasteiger partial charge in [-0.3, -0.25) is 4.79 Å². The number of rotatable bonds is 8. The Hall–Kier alpha value is -2.66. The lowest BCUT2D eigenvalue weighted by Gasteiger charge is -2.19. The highest BCUT2D eigenvalue weighted by molar-refractivity contribution is 5.87. The molecule has 4 nitrogen and oxygen atoms in total. The molecule has 1 atom stereocenters. The predicted molar refractivity (Wildman–Crippen MR) is 96.9 cm³/mol. The number of para-hydroxylation sites is 1. The molecule has 0 aliphatic rings. The van der Waals surface area contributed by atoms with Crippen LogP contribution in [0.4, 0.5) is 4.39 Å². The van der Waals surface area contributed by atoms with Gasteiger partial charge >= 0.3 is 0 Å². The third kappa shape index (κ3) is 6.39. The molecule has 1 N–H and O–H groups in total. The average Bonchev–Trinajstić information content (AvgIpc) is 2.60. The van der Waals surface area contributed by atoms with Crippen LogP contribution in [0.3, 0.4) is 0 Å². The molecule has 1 amide bonds. The highest BCUT2D eigenvalue weighted by Crippen LogP contribution is 2.19. The Morgan fingerprint density at radius 2 is 1.84 bits per heavy atom. The highest BCUT2D eigenvalue weighted by Gasteiger charge is 2.15. The zero-order valence-electron chi connectivity index (χ0n) is 14.5. The van der Waals surface area contributed by atoms with Crippen molar-refractivity contribution in [2.75, 3.05) is 27.2 Å². The van der Waals surface area contributed by atoms with Crippen molar-refractivity contribution in [3.05, 3.63) is 78.1 Å². The Balaban J connectivity index is 2.05. The molecular weight excluding hydrogens is 319 g/mol. The van der Waals surface area contributed by atoms with Crippen LogP contribution in [0.1, 0.15) is 11.6 Å². The second-order valence-electron chi connectivity index (χ2n) is 5.88. The normalized spacial score (nSPS) is 12.3. The van der Waals surface area contributed by atoms with Crippen molar-refractivity contribution in [3.63, 3.8) is 0 Å². The summed E-state index contributed by atoms with van der Waals surface area (Å²) in [4.78, 5) is 14.1. The van der Waals surface area contributed by atoms with Gasteiger partial charge in [0.05, 0.1) is 6.04 Å². The standard InChI is InChI=1S/C20H23FN2O2/c1-23(2)14-8-13-20(24)22-18(16-9-4-3-5-10-16)15-25-19-12-7-6-11-17(19)21/h3-13,18H,14-15H2,1-2H3,(H,22,24)/b13-8+. The van der Waals surface area contributed by atoms with Crippen LogP contribution in [-0.4, -0.2) is 38.1 Å². The molecule has 5 heteroatoms. The topological polar surface area (TPSA) is 41.6 Å². The molecule has 0 radical (unpaired) electrons. The third-order valence-corrected chi connectivity index (χ3v) is 3.50. The van der Waals surface area contributed by atoms with Crippen LogP contribution in [-0.2, 0) is 4.79 Å². The Morgan fingerprint density at radius 1 is 1.16 bits per heavy atom. The monoisotopic (exact) mass is 342 g/mol. The predicted octanol–water partition coefficient (Wildman–Crippen LogP) is 3.18. The van der Waals surface area contributed by atoms with Crippen LogP contribution in [0, 0.1) is 5.82 Å². The van der Waals surface area contributed by atoms with Crippen molar-refractivity contribution < 1.29 is 13.9 Å². The molecule has 2 aromatic rings. The number of nitrogens with zero attached hydrogens (tertiary/aromatic N) is 1. The van der Waals surface area contributed by atoms with Gasteiger partial charge in [0.2, 0.25) is 5.91 Å². The maximum Gasteiger partial charge on any atom is 0.244 e. The largest absolute Gasteiger partial charge is 0.488 e. The Bertz CT molecular complexity index is 702. The van der Waals surface area contributed by atoms with Crippen LogP contribution in [0.15, 0.2) is 66.7 Å². The zero-order valence-corrected chi connectivity index (χ0v) is 14.5. The number of halogens is 1. The quantitative estimate of drug-likeness (QED) is 0.749. The molecule has 0 bridgehead atoms. The molecule has 0 saturated carbocycles. The first-order valence-corrected chi connectivity index (χ1v) is 8.10. The van der Waals surface area contributed by atoms with Crippen LogP contribution >= 0.6 is 0 Å². The number of carbonyl (C=O) groups is 1. The van der Waals surface area contributed by atoms with E-state index in [1.807, 2.05) is 49.3 Å². The molecule has 0 aliphatic heterocycles. The van der Waals surface area contributed by atoms with Gasteiger partial charge in [0.25, 0.3) is 0 Å². The average molecular weight is 342 g/mol. The zero-order chi connectivity index (χ0) is 18.1. The summed E-state index contributed by atoms with van der Waals surface area (Å²) in [5.41, 5.74) is 0.896. The van der Waals surface area contributed by atoms with E-state index in [0.717, 1.165) is 5.56 Å². The first-order chi connectivity index (χ1) is 12.1. The minimum Gasteiger partial charge on any atom is -0.488 e. The fraction of sp³-hybridized carbons (Fsp3) is 0.250. The fourth-order valence-electron chi connectivity index (χ4n) is 2.23. The van der Waals surface area contributed by atoms with Crippen LogP contribution < -0.4 is 10.1 Å². The number of hydrogen-bond acceptors (Lipinski definition) is 3. The lowest BCUT2D eigenvalue weighted by atomic mass is 10.1. The van der Waals surface area contributed by atoms with E-state index < -0.39 is 5.82 Å². The minimum atomic E-state index is -0.425. The number of nitrogens with one attached hydrogen (secondary N) is 1. The summed E-state index contributed by atoms with van der Waals surface area (Å²) in [7, 11) is 3.86. The van der Waals surface area contributed by atoms with Gasteiger partial charge in [-0.05, 0) is 31.8 Å². The SMILES string of the molecule is CN(C)C/C=C/C(=O)NC(COc1ccccc1F)c1ccccc1. The summed E-state index contributed by atoms with van der Waals surface area (Å²) in [5.74, 6) is -0.472. The Labute approximate surface area is 147 Å². The van der Waals surface area contributed by atoms with E-state index in [4.69, 9.17) is 4.74 Å². The van der Waals surface area contributed by atoms with Crippen molar-refractivity contribution >= 4 is 5.91 Å². The van der Waals surface area contributed by atoms with Crippen molar-refractivity contribution in [2.24, 2.45) is 0 Å². The lowest BCUT2D eigenvalue weighted by Crippen LogP contribution is -2.31. The first-order valence-electron chi connectivity index (χ1n) is 8.10. The fourth-order valence-corrected chi connectivity index (χ4v) is 2.23. The minimum absolute atomic E-state index is 0.137. The van der Waals surface area contributed by atoms with E-state index in [0.29, 0.717) is 6.54 Å². The second-order valence-corrected chi connectivity index (χ2v) is 5.88. The maximum atomic E-state index is 13.7. The van der Waals surface area contributed by atoms with E-state index in [-0.39, 0.29) is 24.3 Å². The smallest absolute Gasteiger partial charge is 0.244 e. The molecule has 0 aliphatic carbocycles. The summed E-state index contributed by atoms with van der Waals surface area (Å²) >= 11 is 0. The van der Waals surface area contributed by atoms with E-state index in [1.54, 1.807) is 24.3 Å². The molecule has 0 saturated heterocycles. The van der Waals surface area contributed by atoms with Gasteiger partial charge in [-0.1, -0.05) is 48.5 Å². The summed E-state index contributed by atoms with van der Waals surface area (Å²) in [6.07, 6.45) is 3.29. The van der Waals surface area contributed by atoms with Crippen LogP contribution in [0.5, 0.6) is 5.75 Å². The maximum absolute atomic E-state index is 13.7. The number of hydrogen-bond donors (Lipinski definition) is 1. The number of amides is 1. The van der Waals surface area contributed by atoms with Crippen molar-refractivity contribution in [2.45, 2.75) is 6.04 Å². The molecule has 0 aromatic heterocycles. The highest BCUT2D eigenvalue weighted by atomic mass is 19.1. The van der Waals surface area contributed by atoms with Gasteiger partial charge in [0.1, 0.15) is 6.61 Å². The summed E-state index contributed by atoms with van der Waals surface area (Å²) < 4.78 is 19.3. The van der Waals surface area contributed by atoms with Crippen molar-refractivity contribution in [1.29, 1.82) is 0 Å². The van der Waals surface area contributed by atoms with Crippen LogP contribution in [0.2, 0.25) is 0 Å². The van der Waals surface area contributed by atoms with Gasteiger partial charge in [-0.15, -0.1) is 0 Å². The van der Waals surface area contributed by atoms with E-state index in [1.165, 1.54) is 12.1 Å². The van der Waals surface area contributed by atoms with Gasteiger partial charge in [0.15, 0.2) is 11.6 Å². The lowest BCUT2D eigenvalue weighted by molar-refractivity contribution is -0.117. The van der Waals surface area contributed by atoms with Gasteiger partial charge in [-0.25, -0.2) is 4.39 Å². The summed E-state index contributed by atoms with van der Waals surface area (Å²) in [6.45, 7) is 0.813.